The van der Waals surface area contributed by atoms with Gasteiger partial charge < -0.3 is 14.5 Å². The van der Waals surface area contributed by atoms with E-state index in [1.807, 2.05) is 0 Å². The molecule has 1 fully saturated rings. The molecule has 2 aromatic rings. The molecule has 0 radical (unpaired) electrons. The van der Waals surface area contributed by atoms with Crippen LogP contribution in [0.15, 0.2) is 10.6 Å². The van der Waals surface area contributed by atoms with Gasteiger partial charge in [-0.25, -0.2) is 9.18 Å². The normalized spacial score (nSPS) is 17.1. The van der Waals surface area contributed by atoms with Gasteiger partial charge in [-0.2, -0.15) is 9.37 Å². The molecular weight excluding hydrogens is 342 g/mol. The fourth-order valence-electron chi connectivity index (χ4n) is 2.73. The number of rotatable bonds is 3. The zero-order valence-corrected chi connectivity index (χ0v) is 12.9. The summed E-state index contributed by atoms with van der Waals surface area (Å²) in [5.74, 6) is -2.85. The molecule has 0 aliphatic carbocycles. The Labute approximate surface area is 139 Å². The van der Waals surface area contributed by atoms with Crippen LogP contribution in [-0.2, 0) is 0 Å². The standard InChI is InChI=1S/C14H12F2N4O5/c1-6-9(15)4-8(10(16)11(6)20(23)24)12-17-13(25-18-12)7-2-3-19(5-7)14(21)22/h4,7H,2-3,5H2,1H3,(H,21,22)/t7-/m0/s1. The summed E-state index contributed by atoms with van der Waals surface area (Å²) in [5.41, 5.74) is -1.90. The molecule has 0 unspecified atom stereocenters. The molecule has 2 heterocycles. The highest BCUT2D eigenvalue weighted by Gasteiger charge is 2.32. The predicted molar refractivity (Wildman–Crippen MR) is 78.0 cm³/mol. The Morgan fingerprint density at radius 2 is 2.24 bits per heavy atom. The molecule has 1 aliphatic heterocycles. The van der Waals surface area contributed by atoms with Gasteiger partial charge in [0.05, 0.1) is 22.0 Å². The van der Waals surface area contributed by atoms with Crippen molar-refractivity contribution >= 4 is 11.8 Å². The maximum absolute atomic E-state index is 14.4. The highest BCUT2D eigenvalue weighted by atomic mass is 19.1. The fraction of sp³-hybridized carbons (Fsp3) is 0.357. The van der Waals surface area contributed by atoms with Gasteiger partial charge in [0.15, 0.2) is 0 Å². The van der Waals surface area contributed by atoms with Crippen LogP contribution in [0.1, 0.15) is 23.8 Å². The third kappa shape index (κ3) is 2.88. The number of hydrogen-bond acceptors (Lipinski definition) is 6. The van der Waals surface area contributed by atoms with Crippen molar-refractivity contribution in [1.29, 1.82) is 0 Å². The van der Waals surface area contributed by atoms with Crippen molar-refractivity contribution in [2.45, 2.75) is 19.3 Å². The Morgan fingerprint density at radius 1 is 1.52 bits per heavy atom. The lowest BCUT2D eigenvalue weighted by Crippen LogP contribution is -2.26. The maximum atomic E-state index is 14.4. The van der Waals surface area contributed by atoms with E-state index in [-0.39, 0.29) is 30.7 Å². The molecular formula is C14H12F2N4O5. The second-order valence-corrected chi connectivity index (χ2v) is 5.62. The summed E-state index contributed by atoms with van der Waals surface area (Å²) in [5, 5.41) is 23.5. The Morgan fingerprint density at radius 3 is 2.84 bits per heavy atom. The number of likely N-dealkylation sites (tertiary alicyclic amines) is 1. The lowest BCUT2D eigenvalue weighted by Gasteiger charge is -2.09. The van der Waals surface area contributed by atoms with E-state index in [4.69, 9.17) is 9.63 Å². The Balaban J connectivity index is 1.96. The van der Waals surface area contributed by atoms with E-state index in [0.717, 1.165) is 13.0 Å². The number of nitrogens with zero attached hydrogens (tertiary/aromatic N) is 4. The van der Waals surface area contributed by atoms with Crippen LogP contribution in [0, 0.1) is 28.7 Å². The first-order chi connectivity index (χ1) is 11.8. The number of aromatic nitrogens is 2. The maximum Gasteiger partial charge on any atom is 0.407 e. The molecule has 0 spiro atoms. The van der Waals surface area contributed by atoms with E-state index in [9.17, 15) is 23.7 Å². The van der Waals surface area contributed by atoms with Crippen LogP contribution in [0.5, 0.6) is 0 Å². The van der Waals surface area contributed by atoms with Crippen LogP contribution < -0.4 is 0 Å². The van der Waals surface area contributed by atoms with Gasteiger partial charge in [0.1, 0.15) is 5.82 Å². The quantitative estimate of drug-likeness (QED) is 0.664. The summed E-state index contributed by atoms with van der Waals surface area (Å²) in [6.45, 7) is 1.53. The van der Waals surface area contributed by atoms with Crippen molar-refractivity contribution in [3.05, 3.63) is 39.3 Å². The molecule has 9 nitrogen and oxygen atoms in total. The smallest absolute Gasteiger partial charge is 0.407 e. The molecule has 0 bridgehead atoms. The first kappa shape index (κ1) is 16.7. The van der Waals surface area contributed by atoms with Crippen LogP contribution in [0.25, 0.3) is 11.4 Å². The summed E-state index contributed by atoms with van der Waals surface area (Å²) in [7, 11) is 0. The number of carbonyl (C=O) groups is 1. The van der Waals surface area contributed by atoms with E-state index in [1.165, 1.54) is 4.90 Å². The van der Waals surface area contributed by atoms with Gasteiger partial charge >= 0.3 is 11.8 Å². The van der Waals surface area contributed by atoms with Crippen LogP contribution >= 0.6 is 0 Å². The Kier molecular flexibility index (Phi) is 4.07. The molecule has 132 valence electrons. The monoisotopic (exact) mass is 354 g/mol. The number of nitro groups is 1. The fourth-order valence-corrected chi connectivity index (χ4v) is 2.73. The summed E-state index contributed by atoms with van der Waals surface area (Å²) >= 11 is 0. The Bertz CT molecular complexity index is 869. The minimum absolute atomic E-state index is 0.0711. The second kappa shape index (κ2) is 6.07. The minimum atomic E-state index is -1.25. The zero-order valence-electron chi connectivity index (χ0n) is 12.9. The van der Waals surface area contributed by atoms with E-state index >= 15 is 0 Å². The zero-order chi connectivity index (χ0) is 18.3. The van der Waals surface area contributed by atoms with Crippen molar-refractivity contribution in [2.75, 3.05) is 13.1 Å². The molecule has 25 heavy (non-hydrogen) atoms. The number of amides is 1. The number of hydrogen-bond donors (Lipinski definition) is 1. The minimum Gasteiger partial charge on any atom is -0.465 e. The molecule has 1 aliphatic rings. The van der Waals surface area contributed by atoms with Gasteiger partial charge in [0, 0.05) is 13.1 Å². The van der Waals surface area contributed by atoms with Gasteiger partial charge in [-0.05, 0) is 19.4 Å². The van der Waals surface area contributed by atoms with Gasteiger partial charge in [-0.15, -0.1) is 0 Å². The van der Waals surface area contributed by atoms with Gasteiger partial charge in [-0.3, -0.25) is 10.1 Å². The average Bonchev–Trinajstić information content (AvgIpc) is 3.19. The van der Waals surface area contributed by atoms with E-state index in [0.29, 0.717) is 6.42 Å². The van der Waals surface area contributed by atoms with Crippen molar-refractivity contribution in [3.8, 4) is 11.4 Å². The second-order valence-electron chi connectivity index (χ2n) is 5.62. The predicted octanol–water partition coefficient (Wildman–Crippen LogP) is 2.70. The SMILES string of the molecule is Cc1c(F)cc(-c2noc([C@H]3CCN(C(=O)O)C3)n2)c(F)c1[N+](=O)[O-]. The largest absolute Gasteiger partial charge is 0.465 e. The summed E-state index contributed by atoms with van der Waals surface area (Å²) < 4.78 is 33.3. The van der Waals surface area contributed by atoms with Crippen molar-refractivity contribution < 1.29 is 28.1 Å². The van der Waals surface area contributed by atoms with Crippen molar-refractivity contribution in [2.24, 2.45) is 0 Å². The topological polar surface area (TPSA) is 123 Å². The van der Waals surface area contributed by atoms with Gasteiger partial charge in [0.2, 0.25) is 17.5 Å². The molecule has 1 aromatic carbocycles. The highest BCUT2D eigenvalue weighted by Crippen LogP contribution is 2.34. The number of benzene rings is 1. The molecule has 1 atom stereocenters. The highest BCUT2D eigenvalue weighted by molar-refractivity contribution is 5.65. The summed E-state index contributed by atoms with van der Waals surface area (Å²) in [4.78, 5) is 26.0. The van der Waals surface area contributed by atoms with Crippen LogP contribution in [-0.4, -0.2) is 44.3 Å². The lowest BCUT2D eigenvalue weighted by atomic mass is 10.1. The van der Waals surface area contributed by atoms with Crippen LogP contribution in [0.2, 0.25) is 0 Å². The molecule has 1 amide bonds. The first-order valence-corrected chi connectivity index (χ1v) is 7.24. The molecule has 1 N–H and O–H groups in total. The lowest BCUT2D eigenvalue weighted by molar-refractivity contribution is -0.388. The first-order valence-electron chi connectivity index (χ1n) is 7.24. The number of carboxylic acid groups (broad SMARTS) is 1. The molecule has 3 rings (SSSR count). The van der Waals surface area contributed by atoms with Gasteiger partial charge in [0.25, 0.3) is 0 Å². The number of nitro benzene ring substituents is 1. The third-order valence-electron chi connectivity index (χ3n) is 4.10. The molecule has 0 saturated carbocycles. The Hall–Kier alpha value is -3.11. The van der Waals surface area contributed by atoms with Crippen molar-refractivity contribution in [1.82, 2.24) is 15.0 Å². The van der Waals surface area contributed by atoms with E-state index in [1.54, 1.807) is 0 Å². The summed E-state index contributed by atoms with van der Waals surface area (Å²) in [6.07, 6.45) is -0.636. The number of halogens is 2. The molecule has 1 aromatic heterocycles. The molecule has 1 saturated heterocycles. The summed E-state index contributed by atoms with van der Waals surface area (Å²) in [6, 6.07) is 0.768. The van der Waals surface area contributed by atoms with E-state index in [2.05, 4.69) is 10.1 Å². The van der Waals surface area contributed by atoms with Crippen molar-refractivity contribution in [3.63, 3.8) is 0 Å². The third-order valence-corrected chi connectivity index (χ3v) is 4.10. The van der Waals surface area contributed by atoms with Crippen LogP contribution in [0.3, 0.4) is 0 Å². The van der Waals surface area contributed by atoms with Crippen LogP contribution in [0.4, 0.5) is 19.3 Å². The molecule has 11 heteroatoms. The van der Waals surface area contributed by atoms with Gasteiger partial charge in [-0.1, -0.05) is 5.16 Å². The van der Waals surface area contributed by atoms with E-state index < -0.39 is 39.5 Å². The average molecular weight is 354 g/mol.